The number of carbonyl (C=O) groups excluding carboxylic acids is 1. The Hall–Kier alpha value is -1.58. The van der Waals surface area contributed by atoms with Crippen LogP contribution in [0.2, 0.25) is 0 Å². The van der Waals surface area contributed by atoms with Gasteiger partial charge in [0.15, 0.2) is 0 Å². The molecule has 0 aromatic heterocycles. The minimum absolute atomic E-state index is 0.0465. The second-order valence-electron chi connectivity index (χ2n) is 9.16. The number of unbranched alkanes of at least 4 members (excludes halogenated alkanes) is 12. The molecule has 1 amide bonds. The van der Waals surface area contributed by atoms with Gasteiger partial charge in [0.25, 0.3) is 0 Å². The molecule has 186 valence electrons. The zero-order valence-corrected chi connectivity index (χ0v) is 21.2. The maximum Gasteiger partial charge on any atom is 0.326 e. The molecular weight excluding hydrogens is 398 g/mol. The second-order valence-corrected chi connectivity index (χ2v) is 9.16. The first-order valence-electron chi connectivity index (χ1n) is 13.3. The minimum atomic E-state index is -0.936. The molecule has 0 radical (unpaired) electrons. The number of carboxylic acids is 1. The van der Waals surface area contributed by atoms with E-state index in [-0.39, 0.29) is 11.8 Å². The van der Waals surface area contributed by atoms with Gasteiger partial charge in [0.2, 0.25) is 5.91 Å². The molecule has 4 heteroatoms. The van der Waals surface area contributed by atoms with Gasteiger partial charge in [-0.3, -0.25) is 4.79 Å². The van der Waals surface area contributed by atoms with Crippen molar-refractivity contribution in [3.05, 3.63) is 24.3 Å². The van der Waals surface area contributed by atoms with Gasteiger partial charge in [-0.05, 0) is 44.4 Å². The third kappa shape index (κ3) is 19.1. The van der Waals surface area contributed by atoms with Crippen molar-refractivity contribution in [2.75, 3.05) is 0 Å². The van der Waals surface area contributed by atoms with E-state index in [9.17, 15) is 14.7 Å². The Bertz CT molecular complexity index is 513. The first kappa shape index (κ1) is 30.4. The molecule has 0 aliphatic rings. The van der Waals surface area contributed by atoms with E-state index in [1.54, 1.807) is 0 Å². The number of rotatable bonds is 22. The van der Waals surface area contributed by atoms with Crippen molar-refractivity contribution in [3.63, 3.8) is 0 Å². The summed E-state index contributed by atoms with van der Waals surface area (Å²) in [7, 11) is 0. The summed E-state index contributed by atoms with van der Waals surface area (Å²) in [6.45, 7) is 6.05. The Balaban J connectivity index is 3.46. The lowest BCUT2D eigenvalue weighted by Crippen LogP contribution is -2.44. The summed E-state index contributed by atoms with van der Waals surface area (Å²) >= 11 is 0. The average Bonchev–Trinajstić information content (AvgIpc) is 2.78. The fraction of sp³-hybridized carbons (Fsp3) is 0.786. The largest absolute Gasteiger partial charge is 0.480 e. The maximum absolute atomic E-state index is 12.0. The summed E-state index contributed by atoms with van der Waals surface area (Å²) < 4.78 is 0. The van der Waals surface area contributed by atoms with Crippen LogP contribution in [0.4, 0.5) is 0 Å². The predicted octanol–water partition coefficient (Wildman–Crippen LogP) is 7.98. The van der Waals surface area contributed by atoms with Crippen LogP contribution in [0.1, 0.15) is 130 Å². The Labute approximate surface area is 198 Å². The lowest BCUT2D eigenvalue weighted by molar-refractivity contribution is -0.143. The highest BCUT2D eigenvalue weighted by Gasteiger charge is 2.24. The molecular formula is C28H51NO3. The maximum atomic E-state index is 12.0. The molecule has 0 aliphatic heterocycles. The fourth-order valence-corrected chi connectivity index (χ4v) is 3.73. The summed E-state index contributed by atoms with van der Waals surface area (Å²) in [5, 5.41) is 11.9. The monoisotopic (exact) mass is 449 g/mol. The first-order chi connectivity index (χ1) is 15.5. The molecule has 0 fully saturated rings. The summed E-state index contributed by atoms with van der Waals surface area (Å²) in [4.78, 5) is 23.2. The summed E-state index contributed by atoms with van der Waals surface area (Å²) in [6, 6.07) is -0.764. The van der Waals surface area contributed by atoms with Crippen molar-refractivity contribution in [1.82, 2.24) is 5.32 Å². The molecule has 0 unspecified atom stereocenters. The van der Waals surface area contributed by atoms with E-state index in [0.29, 0.717) is 6.42 Å². The number of amides is 1. The molecule has 4 nitrogen and oxygen atoms in total. The molecule has 0 aromatic rings. The minimum Gasteiger partial charge on any atom is -0.480 e. The molecule has 2 N–H and O–H groups in total. The van der Waals surface area contributed by atoms with Crippen molar-refractivity contribution in [1.29, 1.82) is 0 Å². The van der Waals surface area contributed by atoms with Crippen LogP contribution in [0.15, 0.2) is 24.3 Å². The van der Waals surface area contributed by atoms with Gasteiger partial charge < -0.3 is 10.4 Å². The van der Waals surface area contributed by atoms with Crippen molar-refractivity contribution in [3.8, 4) is 0 Å². The lowest BCUT2D eigenvalue weighted by Gasteiger charge is -2.20. The smallest absolute Gasteiger partial charge is 0.326 e. The molecule has 2 atom stereocenters. The molecule has 0 bridgehead atoms. The highest BCUT2D eigenvalue weighted by molar-refractivity contribution is 5.83. The van der Waals surface area contributed by atoms with Crippen molar-refractivity contribution in [2.45, 2.75) is 136 Å². The molecule has 32 heavy (non-hydrogen) atoms. The Morgan fingerprint density at radius 3 is 1.75 bits per heavy atom. The highest BCUT2D eigenvalue weighted by Crippen LogP contribution is 2.13. The zero-order valence-electron chi connectivity index (χ0n) is 21.2. The van der Waals surface area contributed by atoms with Gasteiger partial charge in [0.05, 0.1) is 0 Å². The molecule has 0 saturated carbocycles. The van der Waals surface area contributed by atoms with Gasteiger partial charge in [0, 0.05) is 6.42 Å². The van der Waals surface area contributed by atoms with E-state index in [2.05, 4.69) is 36.5 Å². The lowest BCUT2D eigenvalue weighted by atomic mass is 9.99. The molecule has 0 heterocycles. The van der Waals surface area contributed by atoms with Gasteiger partial charge in [0.1, 0.15) is 6.04 Å². The van der Waals surface area contributed by atoms with Crippen LogP contribution in [0.5, 0.6) is 0 Å². The Morgan fingerprint density at radius 2 is 1.25 bits per heavy atom. The number of hydrogen-bond donors (Lipinski definition) is 2. The van der Waals surface area contributed by atoms with Crippen molar-refractivity contribution >= 4 is 11.9 Å². The zero-order chi connectivity index (χ0) is 23.9. The topological polar surface area (TPSA) is 66.4 Å². The number of nitrogens with one attached hydrogen (secondary N) is 1. The molecule has 0 aromatic carbocycles. The third-order valence-electron chi connectivity index (χ3n) is 6.15. The van der Waals surface area contributed by atoms with E-state index in [1.807, 2.05) is 13.8 Å². The van der Waals surface area contributed by atoms with Crippen LogP contribution in [0.3, 0.4) is 0 Å². The second kappa shape index (κ2) is 22.6. The van der Waals surface area contributed by atoms with Crippen LogP contribution in [0, 0.1) is 5.92 Å². The average molecular weight is 450 g/mol. The molecule has 0 spiro atoms. The Kier molecular flexibility index (Phi) is 21.5. The predicted molar refractivity (Wildman–Crippen MR) is 137 cm³/mol. The van der Waals surface area contributed by atoms with E-state index in [4.69, 9.17) is 0 Å². The van der Waals surface area contributed by atoms with Crippen LogP contribution in [-0.2, 0) is 9.59 Å². The van der Waals surface area contributed by atoms with Gasteiger partial charge in [-0.25, -0.2) is 4.79 Å². The number of carboxylic acid groups (broad SMARTS) is 1. The molecule has 0 saturated heterocycles. The molecule has 0 aliphatic carbocycles. The van der Waals surface area contributed by atoms with Gasteiger partial charge >= 0.3 is 5.97 Å². The first-order valence-corrected chi connectivity index (χ1v) is 13.3. The fourth-order valence-electron chi connectivity index (χ4n) is 3.73. The highest BCUT2D eigenvalue weighted by atomic mass is 16.4. The van der Waals surface area contributed by atoms with E-state index in [1.165, 1.54) is 70.6 Å². The quantitative estimate of drug-likeness (QED) is 0.130. The standard InChI is InChI=1S/C28H51NO3/c1-4-6-7-8-9-10-11-12-13-14-15-16-17-18-19-20-21-22-23-24-26(30)29-27(28(31)32)25(3)5-2/h9-10,12-13,25,27H,4-8,11,14-24H2,1-3H3,(H,29,30)(H,31,32)/b10-9-,13-12-/t25-,27-/m0/s1. The SMILES string of the molecule is CCCCC/C=C\C/C=C\CCCCCCCCCCCC(=O)N[C@H](C(=O)O)[C@@H](C)CC. The van der Waals surface area contributed by atoms with E-state index < -0.39 is 12.0 Å². The number of aliphatic carboxylic acids is 1. The van der Waals surface area contributed by atoms with Crippen LogP contribution >= 0.6 is 0 Å². The van der Waals surface area contributed by atoms with Crippen LogP contribution in [-0.4, -0.2) is 23.0 Å². The Morgan fingerprint density at radius 1 is 0.750 bits per heavy atom. The third-order valence-corrected chi connectivity index (χ3v) is 6.15. The molecule has 0 rings (SSSR count). The summed E-state index contributed by atoms with van der Waals surface area (Å²) in [5.41, 5.74) is 0. The number of allylic oxidation sites excluding steroid dienone is 4. The van der Waals surface area contributed by atoms with Crippen molar-refractivity contribution in [2.24, 2.45) is 5.92 Å². The van der Waals surface area contributed by atoms with Crippen LogP contribution in [0.25, 0.3) is 0 Å². The normalized spacial score (nSPS) is 13.6. The summed E-state index contributed by atoms with van der Waals surface area (Å²) in [6.07, 6.45) is 28.7. The van der Waals surface area contributed by atoms with Gasteiger partial charge in [-0.15, -0.1) is 0 Å². The van der Waals surface area contributed by atoms with Crippen LogP contribution < -0.4 is 5.32 Å². The van der Waals surface area contributed by atoms with E-state index >= 15 is 0 Å². The number of carbonyl (C=O) groups is 2. The van der Waals surface area contributed by atoms with Gasteiger partial charge in [-0.2, -0.15) is 0 Å². The number of hydrogen-bond acceptors (Lipinski definition) is 2. The van der Waals surface area contributed by atoms with Crippen molar-refractivity contribution < 1.29 is 14.7 Å². The summed E-state index contributed by atoms with van der Waals surface area (Å²) in [5.74, 6) is -1.11. The van der Waals surface area contributed by atoms with E-state index in [0.717, 1.165) is 32.1 Å². The van der Waals surface area contributed by atoms with Gasteiger partial charge in [-0.1, -0.05) is 109 Å².